The highest BCUT2D eigenvalue weighted by Gasteiger charge is 2.38. The topological polar surface area (TPSA) is 108 Å². The summed E-state index contributed by atoms with van der Waals surface area (Å²) in [6.45, 7) is 0.857. The summed E-state index contributed by atoms with van der Waals surface area (Å²) < 4.78 is 7.26. The summed E-state index contributed by atoms with van der Waals surface area (Å²) >= 11 is 0. The Kier molecular flexibility index (Phi) is 5.93. The van der Waals surface area contributed by atoms with Crippen molar-refractivity contribution in [2.24, 2.45) is 7.05 Å². The SMILES string of the molecule is Cn1cc(C2(O)CCN(C(=O)Cc3cc(-c4ccccc4)no3)CC2)nc1-c1ccc(C#N)cc1. The van der Waals surface area contributed by atoms with Crippen molar-refractivity contribution in [1.29, 1.82) is 5.26 Å². The summed E-state index contributed by atoms with van der Waals surface area (Å²) in [5.74, 6) is 1.18. The van der Waals surface area contributed by atoms with Crippen molar-refractivity contribution in [2.75, 3.05) is 13.1 Å². The fraction of sp³-hybridized carbons (Fsp3) is 0.259. The molecule has 1 aliphatic heterocycles. The van der Waals surface area contributed by atoms with Crippen LogP contribution in [-0.4, -0.2) is 43.7 Å². The van der Waals surface area contributed by atoms with Gasteiger partial charge in [0.15, 0.2) is 0 Å². The third kappa shape index (κ3) is 4.59. The van der Waals surface area contributed by atoms with Crippen LogP contribution < -0.4 is 0 Å². The molecule has 0 atom stereocenters. The van der Waals surface area contributed by atoms with Gasteiger partial charge in [0.05, 0.1) is 23.7 Å². The molecule has 4 aromatic rings. The summed E-state index contributed by atoms with van der Waals surface area (Å²) in [6.07, 6.45) is 2.76. The molecule has 3 heterocycles. The molecule has 1 amide bonds. The molecule has 2 aromatic heterocycles. The van der Waals surface area contributed by atoms with Gasteiger partial charge in [-0.25, -0.2) is 4.98 Å². The van der Waals surface area contributed by atoms with Crippen LogP contribution >= 0.6 is 0 Å². The molecule has 35 heavy (non-hydrogen) atoms. The van der Waals surface area contributed by atoms with E-state index in [4.69, 9.17) is 14.8 Å². The minimum absolute atomic E-state index is 0.0536. The van der Waals surface area contributed by atoms with Gasteiger partial charge in [-0.05, 0) is 37.1 Å². The number of amides is 1. The molecular weight excluding hydrogens is 442 g/mol. The standard InChI is InChI=1S/C27H25N5O3/c1-31-18-24(29-26(31)21-9-7-19(17-28)8-10-21)27(34)11-13-32(14-12-27)25(33)16-22-15-23(30-35-22)20-5-3-2-4-6-20/h2-10,15,18,34H,11-14,16H2,1H3. The summed E-state index contributed by atoms with van der Waals surface area (Å²) in [7, 11) is 1.88. The average Bonchev–Trinajstić information content (AvgIpc) is 3.52. The van der Waals surface area contributed by atoms with Gasteiger partial charge in [0.2, 0.25) is 5.91 Å². The third-order valence-electron chi connectivity index (χ3n) is 6.52. The smallest absolute Gasteiger partial charge is 0.230 e. The highest BCUT2D eigenvalue weighted by molar-refractivity contribution is 5.78. The highest BCUT2D eigenvalue weighted by Crippen LogP contribution is 2.34. The van der Waals surface area contributed by atoms with E-state index in [-0.39, 0.29) is 12.3 Å². The minimum atomic E-state index is -1.11. The van der Waals surface area contributed by atoms with Crippen molar-refractivity contribution in [2.45, 2.75) is 24.9 Å². The van der Waals surface area contributed by atoms with Crippen LogP contribution in [0.2, 0.25) is 0 Å². The van der Waals surface area contributed by atoms with E-state index in [2.05, 4.69) is 11.2 Å². The maximum Gasteiger partial charge on any atom is 0.230 e. The quantitative estimate of drug-likeness (QED) is 0.480. The van der Waals surface area contributed by atoms with E-state index >= 15 is 0 Å². The van der Waals surface area contributed by atoms with E-state index in [0.717, 1.165) is 17.0 Å². The van der Waals surface area contributed by atoms with Gasteiger partial charge in [0.25, 0.3) is 0 Å². The molecule has 2 aromatic carbocycles. The van der Waals surface area contributed by atoms with E-state index in [0.29, 0.717) is 48.6 Å². The molecule has 0 bridgehead atoms. The Labute approximate surface area is 203 Å². The molecule has 8 nitrogen and oxygen atoms in total. The molecule has 1 saturated heterocycles. The van der Waals surface area contributed by atoms with Crippen molar-refractivity contribution in [3.63, 3.8) is 0 Å². The lowest BCUT2D eigenvalue weighted by atomic mass is 9.88. The van der Waals surface area contributed by atoms with Crippen LogP contribution in [0.15, 0.2) is 71.4 Å². The molecule has 176 valence electrons. The molecule has 0 saturated carbocycles. The number of carbonyl (C=O) groups excluding carboxylic acids is 1. The molecule has 0 radical (unpaired) electrons. The zero-order valence-corrected chi connectivity index (χ0v) is 19.4. The van der Waals surface area contributed by atoms with Gasteiger partial charge in [-0.2, -0.15) is 5.26 Å². The number of hydrogen-bond donors (Lipinski definition) is 1. The first-order valence-corrected chi connectivity index (χ1v) is 11.5. The molecule has 1 aliphatic rings. The van der Waals surface area contributed by atoms with E-state index in [1.807, 2.05) is 60.3 Å². The number of nitrogens with zero attached hydrogens (tertiary/aromatic N) is 5. The zero-order chi connectivity index (χ0) is 24.4. The Bertz CT molecular complexity index is 1370. The number of benzene rings is 2. The van der Waals surface area contributed by atoms with Gasteiger partial charge in [-0.1, -0.05) is 35.5 Å². The number of likely N-dealkylation sites (tertiary alicyclic amines) is 1. The van der Waals surface area contributed by atoms with E-state index in [1.54, 1.807) is 23.1 Å². The first-order valence-electron chi connectivity index (χ1n) is 11.5. The van der Waals surface area contributed by atoms with Crippen LogP contribution in [-0.2, 0) is 23.9 Å². The van der Waals surface area contributed by atoms with Gasteiger partial charge >= 0.3 is 0 Å². The Balaban J connectivity index is 1.23. The van der Waals surface area contributed by atoms with Crippen molar-refractivity contribution in [3.8, 4) is 28.7 Å². The predicted octanol–water partition coefficient (Wildman–Crippen LogP) is 3.67. The zero-order valence-electron chi connectivity index (χ0n) is 19.4. The lowest BCUT2D eigenvalue weighted by molar-refractivity contribution is -0.135. The van der Waals surface area contributed by atoms with Gasteiger partial charge in [-0.3, -0.25) is 4.79 Å². The maximum absolute atomic E-state index is 12.9. The minimum Gasteiger partial charge on any atom is -0.383 e. The fourth-order valence-electron chi connectivity index (χ4n) is 4.44. The van der Waals surface area contributed by atoms with Crippen LogP contribution in [0.5, 0.6) is 0 Å². The molecule has 1 fully saturated rings. The summed E-state index contributed by atoms with van der Waals surface area (Å²) in [6, 6.07) is 20.8. The molecule has 1 N–H and O–H groups in total. The number of aryl methyl sites for hydroxylation is 1. The van der Waals surface area contributed by atoms with E-state index in [9.17, 15) is 9.90 Å². The molecule has 0 aliphatic carbocycles. The summed E-state index contributed by atoms with van der Waals surface area (Å²) in [4.78, 5) is 19.3. The second kappa shape index (κ2) is 9.20. The first kappa shape index (κ1) is 22.6. The lowest BCUT2D eigenvalue weighted by Gasteiger charge is -2.37. The summed E-state index contributed by atoms with van der Waals surface area (Å²) in [5, 5.41) is 24.4. The van der Waals surface area contributed by atoms with Gasteiger partial charge < -0.3 is 19.1 Å². The van der Waals surface area contributed by atoms with Gasteiger partial charge in [-0.15, -0.1) is 0 Å². The van der Waals surface area contributed by atoms with Crippen molar-refractivity contribution in [1.82, 2.24) is 19.6 Å². The van der Waals surface area contributed by atoms with Crippen molar-refractivity contribution < 1.29 is 14.4 Å². The second-order valence-corrected chi connectivity index (χ2v) is 8.88. The average molecular weight is 468 g/mol. The number of imidazole rings is 1. The molecule has 8 heteroatoms. The maximum atomic E-state index is 12.9. The molecular formula is C27H25N5O3. The highest BCUT2D eigenvalue weighted by atomic mass is 16.5. The number of aliphatic hydroxyl groups is 1. The summed E-state index contributed by atoms with van der Waals surface area (Å²) in [5.41, 5.74) is 2.58. The largest absolute Gasteiger partial charge is 0.383 e. The molecule has 0 spiro atoms. The van der Waals surface area contributed by atoms with Crippen LogP contribution in [0.1, 0.15) is 29.9 Å². The van der Waals surface area contributed by atoms with Crippen molar-refractivity contribution in [3.05, 3.63) is 83.9 Å². The Morgan fingerprint density at radius 1 is 1.11 bits per heavy atom. The number of piperidine rings is 1. The van der Waals surface area contributed by atoms with Gasteiger partial charge in [0, 0.05) is 43.5 Å². The molecule has 5 rings (SSSR count). The monoisotopic (exact) mass is 467 g/mol. The van der Waals surface area contributed by atoms with Crippen LogP contribution in [0, 0.1) is 11.3 Å². The Morgan fingerprint density at radius 2 is 1.83 bits per heavy atom. The number of aromatic nitrogens is 3. The van der Waals surface area contributed by atoms with Crippen LogP contribution in [0.3, 0.4) is 0 Å². The first-order chi connectivity index (χ1) is 16.9. The van der Waals surface area contributed by atoms with E-state index < -0.39 is 5.60 Å². The predicted molar refractivity (Wildman–Crippen MR) is 129 cm³/mol. The Morgan fingerprint density at radius 3 is 2.51 bits per heavy atom. The fourth-order valence-corrected chi connectivity index (χ4v) is 4.44. The number of rotatable bonds is 5. The Hall–Kier alpha value is -4.22. The van der Waals surface area contributed by atoms with Crippen LogP contribution in [0.25, 0.3) is 22.6 Å². The number of hydrogen-bond acceptors (Lipinski definition) is 6. The van der Waals surface area contributed by atoms with Crippen molar-refractivity contribution >= 4 is 5.91 Å². The van der Waals surface area contributed by atoms with Crippen LogP contribution in [0.4, 0.5) is 0 Å². The number of nitriles is 1. The van der Waals surface area contributed by atoms with Gasteiger partial charge in [0.1, 0.15) is 22.9 Å². The normalized spacial score (nSPS) is 15.1. The third-order valence-corrected chi connectivity index (χ3v) is 6.52. The molecule has 0 unspecified atom stereocenters. The second-order valence-electron chi connectivity index (χ2n) is 8.88. The number of carbonyl (C=O) groups is 1. The lowest BCUT2D eigenvalue weighted by Crippen LogP contribution is -2.45. The van der Waals surface area contributed by atoms with E-state index in [1.165, 1.54) is 0 Å².